The molecule has 2 unspecified atom stereocenters. The number of hydrogen-bond acceptors (Lipinski definition) is 1. The van der Waals surface area contributed by atoms with Gasteiger partial charge >= 0.3 is 0 Å². The van der Waals surface area contributed by atoms with Gasteiger partial charge in [-0.15, -0.1) is 0 Å². The zero-order valence-electron chi connectivity index (χ0n) is 30.4. The van der Waals surface area contributed by atoms with Crippen LogP contribution in [-0.2, 0) is 0 Å². The van der Waals surface area contributed by atoms with Gasteiger partial charge in [0.15, 0.2) is 0 Å². The Kier molecular flexibility index (Phi) is 7.48. The van der Waals surface area contributed by atoms with Crippen LogP contribution in [0.15, 0.2) is 200 Å². The van der Waals surface area contributed by atoms with Gasteiger partial charge in [0.05, 0.1) is 11.0 Å². The molecule has 2 atom stereocenters. The molecule has 0 aliphatic heterocycles. The summed E-state index contributed by atoms with van der Waals surface area (Å²) < 4.78 is 2.33. The minimum atomic E-state index is 0.166. The number of allylic oxidation sites excluding steroid dienone is 12. The van der Waals surface area contributed by atoms with Crippen molar-refractivity contribution in [3.63, 3.8) is 0 Å². The van der Waals surface area contributed by atoms with Crippen molar-refractivity contribution in [2.75, 3.05) is 0 Å². The Balaban J connectivity index is 1.07. The number of hydrogen-bond donors (Lipinski definition) is 0. The highest BCUT2D eigenvalue weighted by Gasteiger charge is 2.24. The molecule has 0 saturated carbocycles. The van der Waals surface area contributed by atoms with E-state index in [1.165, 1.54) is 71.3 Å². The molecule has 1 aromatic heterocycles. The van der Waals surface area contributed by atoms with Crippen molar-refractivity contribution in [1.29, 1.82) is 0 Å². The van der Waals surface area contributed by atoms with Crippen LogP contribution in [0.2, 0.25) is 0 Å². The zero-order chi connectivity index (χ0) is 36.3. The van der Waals surface area contributed by atoms with Crippen LogP contribution in [0.1, 0.15) is 35.7 Å². The Bertz CT molecular complexity index is 3030. The number of benzene rings is 7. The number of para-hydroxylation sites is 3. The molecule has 0 N–H and O–H groups in total. The van der Waals surface area contributed by atoms with Crippen LogP contribution in [-0.4, -0.2) is 9.55 Å². The summed E-state index contributed by atoms with van der Waals surface area (Å²) >= 11 is 0. The molecule has 0 fully saturated rings. The molecule has 0 radical (unpaired) electrons. The number of rotatable bonds is 5. The monoisotopic (exact) mass is 702 g/mol. The van der Waals surface area contributed by atoms with Crippen molar-refractivity contribution in [2.45, 2.75) is 18.8 Å². The van der Waals surface area contributed by atoms with E-state index in [9.17, 15) is 0 Å². The summed E-state index contributed by atoms with van der Waals surface area (Å²) in [6, 6.07) is 50.9. The lowest BCUT2D eigenvalue weighted by atomic mass is 9.80. The van der Waals surface area contributed by atoms with Crippen LogP contribution in [0.3, 0.4) is 0 Å². The maximum Gasteiger partial charge on any atom is 0.121 e. The van der Waals surface area contributed by atoms with Crippen molar-refractivity contribution >= 4 is 54.5 Å². The number of fused-ring (bicyclic) bond motifs is 5. The van der Waals surface area contributed by atoms with Crippen LogP contribution in [0.4, 0.5) is 0 Å². The molecule has 3 aliphatic carbocycles. The molecule has 1 heterocycles. The van der Waals surface area contributed by atoms with Gasteiger partial charge < -0.3 is 0 Å². The van der Waals surface area contributed by atoms with Gasteiger partial charge in [0, 0.05) is 17.5 Å². The van der Waals surface area contributed by atoms with Crippen LogP contribution < -0.4 is 0 Å². The van der Waals surface area contributed by atoms with Crippen LogP contribution in [0.5, 0.6) is 0 Å². The molecule has 0 bridgehead atoms. The number of nitrogens with zero attached hydrogens (tertiary/aromatic N) is 2. The molecule has 0 spiro atoms. The molecule has 2 heteroatoms. The fourth-order valence-electron chi connectivity index (χ4n) is 9.12. The highest BCUT2D eigenvalue weighted by Crippen LogP contribution is 2.46. The molecule has 2 nitrogen and oxygen atoms in total. The minimum Gasteiger partial charge on any atom is -0.296 e. The molecule has 55 heavy (non-hydrogen) atoms. The number of aromatic nitrogens is 2. The summed E-state index contributed by atoms with van der Waals surface area (Å²) in [5, 5.41) is 7.66. The molecule has 7 aromatic carbocycles. The third-order valence-corrected chi connectivity index (χ3v) is 11.8. The van der Waals surface area contributed by atoms with E-state index in [4.69, 9.17) is 4.98 Å². The van der Waals surface area contributed by atoms with Crippen LogP contribution in [0.25, 0.3) is 71.3 Å². The van der Waals surface area contributed by atoms with E-state index >= 15 is 0 Å². The second-order valence-corrected chi connectivity index (χ2v) is 15.0. The molecule has 0 amide bonds. The van der Waals surface area contributed by atoms with Crippen LogP contribution in [0, 0.1) is 5.92 Å². The van der Waals surface area contributed by atoms with Gasteiger partial charge in [0.1, 0.15) is 5.82 Å². The Morgan fingerprint density at radius 3 is 2.18 bits per heavy atom. The van der Waals surface area contributed by atoms with E-state index in [1.807, 2.05) is 0 Å². The number of imidazole rings is 1. The van der Waals surface area contributed by atoms with E-state index in [0.29, 0.717) is 5.92 Å². The average Bonchev–Trinajstić information content (AvgIpc) is 3.65. The van der Waals surface area contributed by atoms with Crippen molar-refractivity contribution in [1.82, 2.24) is 9.55 Å². The van der Waals surface area contributed by atoms with E-state index < -0.39 is 0 Å². The summed E-state index contributed by atoms with van der Waals surface area (Å²) in [6.07, 6.45) is 22.9. The van der Waals surface area contributed by atoms with Crippen molar-refractivity contribution < 1.29 is 0 Å². The van der Waals surface area contributed by atoms with E-state index in [1.54, 1.807) is 0 Å². The fourth-order valence-corrected chi connectivity index (χ4v) is 9.12. The van der Waals surface area contributed by atoms with Gasteiger partial charge in [-0.2, -0.15) is 0 Å². The molecule has 11 rings (SSSR count). The van der Waals surface area contributed by atoms with Gasteiger partial charge in [-0.1, -0.05) is 158 Å². The fraction of sp³-hybridized carbons (Fsp3) is 0.0755. The second kappa shape index (κ2) is 13.0. The summed E-state index contributed by atoms with van der Waals surface area (Å²) in [4.78, 5) is 5.19. The van der Waals surface area contributed by atoms with E-state index in [-0.39, 0.29) is 5.92 Å². The topological polar surface area (TPSA) is 17.8 Å². The third kappa shape index (κ3) is 5.36. The lowest BCUT2D eigenvalue weighted by molar-refractivity contribution is 0.760. The summed E-state index contributed by atoms with van der Waals surface area (Å²) in [7, 11) is 0. The standard InChI is InChI=1S/C53H38N2/c1-2-16-44(17-3-1)55-50-21-11-10-20-49(50)54-53(55)38-26-22-37(23-27-38)41-30-31-47-48(34-41)52(43-29-25-36-13-5-7-15-40(36)33-43)46-19-9-8-18-45(46)51(47)42-28-24-35-12-4-6-14-39(35)32-42/h1-13,15-26,28-34,38-39H,14,27H2. The van der Waals surface area contributed by atoms with Gasteiger partial charge in [-0.25, -0.2) is 4.98 Å². The smallest absolute Gasteiger partial charge is 0.121 e. The zero-order valence-corrected chi connectivity index (χ0v) is 30.4. The average molecular weight is 703 g/mol. The summed E-state index contributed by atoms with van der Waals surface area (Å²) in [5.41, 5.74) is 12.3. The lowest BCUT2D eigenvalue weighted by Gasteiger charge is -2.24. The first-order chi connectivity index (χ1) is 27.3. The molecule has 260 valence electrons. The maximum absolute atomic E-state index is 5.19. The Labute approximate surface area is 321 Å². The van der Waals surface area contributed by atoms with Gasteiger partial charge in [0.25, 0.3) is 0 Å². The second-order valence-electron chi connectivity index (χ2n) is 15.0. The molecule has 3 aliphatic rings. The van der Waals surface area contributed by atoms with Crippen LogP contribution >= 0.6 is 0 Å². The first kappa shape index (κ1) is 31.7. The van der Waals surface area contributed by atoms with E-state index in [0.717, 1.165) is 35.4 Å². The predicted octanol–water partition coefficient (Wildman–Crippen LogP) is 13.7. The molecular weight excluding hydrogens is 665 g/mol. The first-order valence-corrected chi connectivity index (χ1v) is 19.4. The Morgan fingerprint density at radius 1 is 0.545 bits per heavy atom. The Hall–Kier alpha value is -6.77. The first-order valence-electron chi connectivity index (χ1n) is 19.4. The predicted molar refractivity (Wildman–Crippen MR) is 232 cm³/mol. The quantitative estimate of drug-likeness (QED) is 0.163. The van der Waals surface area contributed by atoms with Gasteiger partial charge in [0.2, 0.25) is 0 Å². The molecule has 0 saturated heterocycles. The summed E-state index contributed by atoms with van der Waals surface area (Å²) in [5.74, 6) is 1.64. The normalized spacial score (nSPS) is 17.8. The molecule has 8 aromatic rings. The summed E-state index contributed by atoms with van der Waals surface area (Å²) in [6.45, 7) is 0. The molecular formula is C53H38N2. The Morgan fingerprint density at radius 2 is 1.31 bits per heavy atom. The highest BCUT2D eigenvalue weighted by molar-refractivity contribution is 6.20. The van der Waals surface area contributed by atoms with Crippen molar-refractivity contribution in [3.05, 3.63) is 217 Å². The maximum atomic E-state index is 5.19. The highest BCUT2D eigenvalue weighted by atomic mass is 15.1. The lowest BCUT2D eigenvalue weighted by Crippen LogP contribution is -2.08. The third-order valence-electron chi connectivity index (χ3n) is 11.8. The minimum absolute atomic E-state index is 0.166. The van der Waals surface area contributed by atoms with E-state index in [2.05, 4.69) is 199 Å². The van der Waals surface area contributed by atoms with Crippen molar-refractivity contribution in [2.24, 2.45) is 5.92 Å². The largest absolute Gasteiger partial charge is 0.296 e. The van der Waals surface area contributed by atoms with Crippen molar-refractivity contribution in [3.8, 4) is 16.8 Å². The van der Waals surface area contributed by atoms with Gasteiger partial charge in [-0.05, 0) is 121 Å². The SMILES string of the molecule is C1=CCC2C=C(c3c4ccccc4c(-c4ccc5ccccc5c4)c4cc(C5=CCC(c6nc7ccccc7n6-c6ccccc6)C=C5)ccc34)C=CC2=C1. The van der Waals surface area contributed by atoms with Gasteiger partial charge in [-0.3, -0.25) is 4.57 Å².